The second kappa shape index (κ2) is 4.92. The Morgan fingerprint density at radius 3 is 2.00 bits per heavy atom. The first-order valence-corrected chi connectivity index (χ1v) is 9.00. The summed E-state index contributed by atoms with van der Waals surface area (Å²) in [4.78, 5) is -0.217. The van der Waals surface area contributed by atoms with Crippen LogP contribution in [0.2, 0.25) is 0 Å². The SMILES string of the molecule is CS(=O)(=O)c1ccc(N)c(S(=O)(=O)c2ccccc2)c1. The Morgan fingerprint density at radius 1 is 0.850 bits per heavy atom. The Hall–Kier alpha value is -1.86. The van der Waals surface area contributed by atoms with Gasteiger partial charge in [0.25, 0.3) is 0 Å². The number of sulfone groups is 2. The van der Waals surface area contributed by atoms with Gasteiger partial charge in [0, 0.05) is 6.26 Å². The molecule has 0 aliphatic carbocycles. The number of benzene rings is 2. The van der Waals surface area contributed by atoms with Crippen molar-refractivity contribution in [2.75, 3.05) is 12.0 Å². The van der Waals surface area contributed by atoms with Crippen molar-refractivity contribution in [3.05, 3.63) is 48.5 Å². The van der Waals surface area contributed by atoms with Crippen LogP contribution in [0, 0.1) is 0 Å². The van der Waals surface area contributed by atoms with Crippen molar-refractivity contribution in [1.82, 2.24) is 0 Å². The maximum atomic E-state index is 12.5. The lowest BCUT2D eigenvalue weighted by Crippen LogP contribution is -2.07. The molecule has 5 nitrogen and oxygen atoms in total. The second-order valence-corrected chi connectivity index (χ2v) is 8.22. The van der Waals surface area contributed by atoms with Crippen LogP contribution in [0.4, 0.5) is 5.69 Å². The summed E-state index contributed by atoms with van der Waals surface area (Å²) in [5.41, 5.74) is 5.70. The van der Waals surface area contributed by atoms with Gasteiger partial charge in [0.1, 0.15) is 0 Å². The molecule has 0 radical (unpaired) electrons. The minimum Gasteiger partial charge on any atom is -0.398 e. The largest absolute Gasteiger partial charge is 0.398 e. The number of anilines is 1. The third kappa shape index (κ3) is 2.68. The second-order valence-electron chi connectivity index (χ2n) is 4.29. The fourth-order valence-electron chi connectivity index (χ4n) is 1.70. The average Bonchev–Trinajstić information content (AvgIpc) is 2.38. The monoisotopic (exact) mass is 311 g/mol. The van der Waals surface area contributed by atoms with Gasteiger partial charge in [-0.2, -0.15) is 0 Å². The van der Waals surface area contributed by atoms with E-state index in [4.69, 9.17) is 5.73 Å². The standard InChI is InChI=1S/C13H13NO4S2/c1-19(15,16)11-7-8-12(14)13(9-11)20(17,18)10-5-3-2-4-6-10/h2-9H,14H2,1H3. The molecule has 0 aromatic heterocycles. The van der Waals surface area contributed by atoms with Crippen LogP contribution in [0.15, 0.2) is 63.2 Å². The van der Waals surface area contributed by atoms with E-state index in [9.17, 15) is 16.8 Å². The summed E-state index contributed by atoms with van der Waals surface area (Å²) in [5, 5.41) is 0. The minimum atomic E-state index is -3.84. The predicted molar refractivity (Wildman–Crippen MR) is 75.9 cm³/mol. The van der Waals surface area contributed by atoms with Crippen LogP contribution in [0.1, 0.15) is 0 Å². The van der Waals surface area contributed by atoms with Crippen molar-refractivity contribution < 1.29 is 16.8 Å². The quantitative estimate of drug-likeness (QED) is 0.867. The highest BCUT2D eigenvalue weighted by Gasteiger charge is 2.22. The van der Waals surface area contributed by atoms with Crippen molar-refractivity contribution in [2.45, 2.75) is 14.7 Å². The van der Waals surface area contributed by atoms with E-state index < -0.39 is 19.7 Å². The van der Waals surface area contributed by atoms with Crippen LogP contribution in [0.3, 0.4) is 0 Å². The summed E-state index contributed by atoms with van der Waals surface area (Å²) in [6.07, 6.45) is 1.01. The lowest BCUT2D eigenvalue weighted by atomic mass is 10.3. The summed E-state index contributed by atoms with van der Waals surface area (Å²) in [5.74, 6) is 0. The van der Waals surface area contributed by atoms with Crippen LogP contribution in [0.25, 0.3) is 0 Å². The van der Waals surface area contributed by atoms with Crippen molar-refractivity contribution >= 4 is 25.4 Å². The van der Waals surface area contributed by atoms with E-state index in [0.717, 1.165) is 12.3 Å². The van der Waals surface area contributed by atoms with Gasteiger partial charge < -0.3 is 5.73 Å². The first kappa shape index (κ1) is 14.5. The molecule has 0 heterocycles. The topological polar surface area (TPSA) is 94.3 Å². The molecule has 2 aromatic carbocycles. The lowest BCUT2D eigenvalue weighted by Gasteiger charge is -2.09. The summed E-state index contributed by atoms with van der Waals surface area (Å²) in [7, 11) is -7.35. The Labute approximate surface area is 117 Å². The molecule has 0 amide bonds. The number of hydrogen-bond donors (Lipinski definition) is 1. The highest BCUT2D eigenvalue weighted by molar-refractivity contribution is 7.92. The zero-order valence-corrected chi connectivity index (χ0v) is 12.3. The van der Waals surface area contributed by atoms with Gasteiger partial charge in [-0.25, -0.2) is 16.8 Å². The Morgan fingerprint density at radius 2 is 1.45 bits per heavy atom. The van der Waals surface area contributed by atoms with Gasteiger partial charge >= 0.3 is 0 Å². The van der Waals surface area contributed by atoms with Crippen molar-refractivity contribution in [3.8, 4) is 0 Å². The van der Waals surface area contributed by atoms with Crippen molar-refractivity contribution in [1.29, 1.82) is 0 Å². The van der Waals surface area contributed by atoms with E-state index in [2.05, 4.69) is 0 Å². The molecule has 106 valence electrons. The smallest absolute Gasteiger partial charge is 0.208 e. The molecule has 0 saturated carbocycles. The molecule has 0 bridgehead atoms. The van der Waals surface area contributed by atoms with E-state index in [1.165, 1.54) is 24.3 Å². The fourth-order valence-corrected chi connectivity index (χ4v) is 3.86. The zero-order valence-electron chi connectivity index (χ0n) is 10.6. The first-order chi connectivity index (χ1) is 9.23. The number of nitrogen functional groups attached to an aromatic ring is 1. The van der Waals surface area contributed by atoms with Crippen LogP contribution < -0.4 is 5.73 Å². The number of rotatable bonds is 3. The molecule has 0 aliphatic rings. The molecule has 0 saturated heterocycles. The first-order valence-electron chi connectivity index (χ1n) is 5.62. The predicted octanol–water partition coefficient (Wildman–Crippen LogP) is 1.51. The minimum absolute atomic E-state index is 0.0150. The van der Waals surface area contributed by atoms with Crippen LogP contribution >= 0.6 is 0 Å². The van der Waals surface area contributed by atoms with Crippen LogP contribution in [-0.4, -0.2) is 23.1 Å². The van der Waals surface area contributed by atoms with Gasteiger partial charge in [0.05, 0.1) is 20.4 Å². The molecule has 2 N–H and O–H groups in total. The molecule has 7 heteroatoms. The van der Waals surface area contributed by atoms with Crippen LogP contribution in [0.5, 0.6) is 0 Å². The van der Waals surface area contributed by atoms with Crippen molar-refractivity contribution in [2.24, 2.45) is 0 Å². The normalized spacial score (nSPS) is 12.2. The Bertz CT molecular complexity index is 841. The molecule has 2 aromatic rings. The van der Waals surface area contributed by atoms with Gasteiger partial charge in [-0.05, 0) is 30.3 Å². The van der Waals surface area contributed by atoms with E-state index in [-0.39, 0.29) is 20.4 Å². The molecule has 0 atom stereocenters. The Balaban J connectivity index is 2.70. The average molecular weight is 311 g/mol. The third-order valence-corrected chi connectivity index (χ3v) is 5.69. The van der Waals surface area contributed by atoms with Gasteiger partial charge in [0.2, 0.25) is 9.84 Å². The van der Waals surface area contributed by atoms with E-state index in [1.807, 2.05) is 0 Å². The molecular weight excluding hydrogens is 298 g/mol. The van der Waals surface area contributed by atoms with Crippen molar-refractivity contribution in [3.63, 3.8) is 0 Å². The molecule has 0 spiro atoms. The Kier molecular flexibility index (Phi) is 3.58. The van der Waals surface area contributed by atoms with Crippen LogP contribution in [-0.2, 0) is 19.7 Å². The molecule has 0 unspecified atom stereocenters. The molecule has 0 fully saturated rings. The fraction of sp³-hybridized carbons (Fsp3) is 0.0769. The highest BCUT2D eigenvalue weighted by Crippen LogP contribution is 2.28. The van der Waals surface area contributed by atoms with E-state index in [1.54, 1.807) is 18.2 Å². The zero-order chi connectivity index (χ0) is 15.0. The van der Waals surface area contributed by atoms with Gasteiger partial charge in [-0.1, -0.05) is 18.2 Å². The van der Waals surface area contributed by atoms with Gasteiger partial charge in [0.15, 0.2) is 9.84 Å². The lowest BCUT2D eigenvalue weighted by molar-refractivity contribution is 0.596. The van der Waals surface area contributed by atoms with E-state index >= 15 is 0 Å². The highest BCUT2D eigenvalue weighted by atomic mass is 32.2. The maximum absolute atomic E-state index is 12.5. The van der Waals surface area contributed by atoms with E-state index in [0.29, 0.717) is 0 Å². The third-order valence-electron chi connectivity index (χ3n) is 2.76. The van der Waals surface area contributed by atoms with Gasteiger partial charge in [-0.15, -0.1) is 0 Å². The maximum Gasteiger partial charge on any atom is 0.208 e. The molecule has 0 aliphatic heterocycles. The summed E-state index contributed by atoms with van der Waals surface area (Å²) >= 11 is 0. The summed E-state index contributed by atoms with van der Waals surface area (Å²) in [6.45, 7) is 0. The number of nitrogens with two attached hydrogens (primary N) is 1. The summed E-state index contributed by atoms with van der Waals surface area (Å²) in [6, 6.07) is 11.4. The summed E-state index contributed by atoms with van der Waals surface area (Å²) < 4.78 is 48.0. The molecule has 2 rings (SSSR count). The number of hydrogen-bond acceptors (Lipinski definition) is 5. The molecular formula is C13H13NO4S2. The molecule has 20 heavy (non-hydrogen) atoms. The van der Waals surface area contributed by atoms with Gasteiger partial charge in [-0.3, -0.25) is 0 Å².